The lowest BCUT2D eigenvalue weighted by atomic mass is 10.0. The van der Waals surface area contributed by atoms with Crippen LogP contribution < -0.4 is 10.4 Å². The van der Waals surface area contributed by atoms with Crippen molar-refractivity contribution in [3.05, 3.63) is 128 Å². The summed E-state index contributed by atoms with van der Waals surface area (Å²) in [5.74, 6) is 0.181. The van der Waals surface area contributed by atoms with Crippen LogP contribution in [-0.2, 0) is 7.05 Å². The van der Waals surface area contributed by atoms with Crippen LogP contribution >= 0.6 is 11.3 Å². The van der Waals surface area contributed by atoms with Crippen molar-refractivity contribution < 1.29 is 5.11 Å². The number of fused-ring (bicyclic) bond motifs is 1. The molecule has 204 valence electrons. The number of hydrogen-bond donors (Lipinski definition) is 1. The molecule has 0 saturated carbocycles. The third kappa shape index (κ3) is 4.72. The average molecular weight is 560 g/mol. The summed E-state index contributed by atoms with van der Waals surface area (Å²) < 4.78 is 5.20. The largest absolute Gasteiger partial charge is 0.507 e. The van der Waals surface area contributed by atoms with Gasteiger partial charge >= 0.3 is 0 Å². The average Bonchev–Trinajstić information content (AvgIpc) is 3.47. The van der Waals surface area contributed by atoms with E-state index in [2.05, 4.69) is 12.1 Å². The molecule has 2 aromatic heterocycles. The Hall–Kier alpha value is -4.95. The van der Waals surface area contributed by atoms with Crippen LogP contribution in [0.4, 0.5) is 5.69 Å². The molecule has 0 saturated heterocycles. The number of rotatable bonds is 5. The zero-order valence-corrected chi connectivity index (χ0v) is 24.1. The van der Waals surface area contributed by atoms with Gasteiger partial charge in [-0.2, -0.15) is 5.10 Å². The fourth-order valence-electron chi connectivity index (χ4n) is 4.93. The van der Waals surface area contributed by atoms with Gasteiger partial charge in [-0.15, -0.1) is 11.3 Å². The molecule has 0 bridgehead atoms. The number of benzene rings is 4. The van der Waals surface area contributed by atoms with Gasteiger partial charge in [-0.05, 0) is 44.4 Å². The van der Waals surface area contributed by atoms with E-state index in [1.165, 1.54) is 11.3 Å². The molecule has 7 nitrogen and oxygen atoms in total. The molecule has 41 heavy (non-hydrogen) atoms. The second-order valence-corrected chi connectivity index (χ2v) is 10.8. The molecule has 0 amide bonds. The van der Waals surface area contributed by atoms with Crippen LogP contribution in [0, 0.1) is 13.8 Å². The minimum Gasteiger partial charge on any atom is -0.507 e. The van der Waals surface area contributed by atoms with Crippen LogP contribution in [0.15, 0.2) is 111 Å². The second-order valence-electron chi connectivity index (χ2n) is 9.97. The van der Waals surface area contributed by atoms with Crippen LogP contribution in [0.5, 0.6) is 5.75 Å². The van der Waals surface area contributed by atoms with Crippen molar-refractivity contribution >= 4 is 33.5 Å². The van der Waals surface area contributed by atoms with Crippen LogP contribution in [-0.4, -0.2) is 24.9 Å². The summed E-state index contributed by atoms with van der Waals surface area (Å²) in [6.45, 7) is 5.81. The molecule has 1 N–H and O–H groups in total. The number of thiazole rings is 1. The van der Waals surface area contributed by atoms with Crippen LogP contribution in [0.3, 0.4) is 0 Å². The zero-order valence-electron chi connectivity index (χ0n) is 23.2. The highest BCUT2D eigenvalue weighted by Crippen LogP contribution is 2.30. The lowest BCUT2D eigenvalue weighted by Crippen LogP contribution is -2.20. The van der Waals surface area contributed by atoms with Crippen molar-refractivity contribution in [1.82, 2.24) is 14.0 Å². The van der Waals surface area contributed by atoms with Crippen molar-refractivity contribution in [3.8, 4) is 22.7 Å². The van der Waals surface area contributed by atoms with Gasteiger partial charge in [0, 0.05) is 28.9 Å². The molecule has 0 aliphatic rings. The van der Waals surface area contributed by atoms with E-state index in [9.17, 15) is 9.90 Å². The van der Waals surface area contributed by atoms with E-state index >= 15 is 0 Å². The smallest absolute Gasteiger partial charge is 0.297 e. The van der Waals surface area contributed by atoms with Gasteiger partial charge < -0.3 is 5.11 Å². The minimum absolute atomic E-state index is 0.181. The van der Waals surface area contributed by atoms with E-state index in [1.807, 2.05) is 117 Å². The monoisotopic (exact) mass is 559 g/mol. The Bertz CT molecular complexity index is 2060. The van der Waals surface area contributed by atoms with E-state index in [1.54, 1.807) is 9.36 Å². The molecule has 0 radical (unpaired) electrons. The maximum atomic E-state index is 13.6. The molecular weight excluding hydrogens is 530 g/mol. The molecule has 0 unspecified atom stereocenters. The van der Waals surface area contributed by atoms with Gasteiger partial charge in [0.25, 0.3) is 5.56 Å². The minimum atomic E-state index is -0.207. The Morgan fingerprint density at radius 2 is 1.59 bits per heavy atom. The number of para-hydroxylation sites is 1. The van der Waals surface area contributed by atoms with Gasteiger partial charge in [-0.3, -0.25) is 9.48 Å². The summed E-state index contributed by atoms with van der Waals surface area (Å²) >= 11 is 1.41. The highest BCUT2D eigenvalue weighted by molar-refractivity contribution is 7.07. The summed E-state index contributed by atoms with van der Waals surface area (Å²) in [6, 6.07) is 29.3. The quantitative estimate of drug-likeness (QED) is 0.239. The Balaban J connectivity index is 1.57. The molecule has 0 aliphatic carbocycles. The molecule has 4 aromatic carbocycles. The first-order chi connectivity index (χ1) is 19.8. The number of nitrogens with zero attached hydrogens (tertiary/aromatic N) is 5. The van der Waals surface area contributed by atoms with Gasteiger partial charge in [-0.25, -0.2) is 14.4 Å². The standard InChI is InChI=1S/C33H29N5O2S/c1-21-14-16-25(17-15-21)29-20-41-33(34-30-23(3)36(4)38(32(30)40)26-11-6-5-7-12-26)37(29)35-22(2)27-19-18-24-10-8-9-13-28(24)31(27)39/h5-20,39H,1-4H3. The lowest BCUT2D eigenvalue weighted by molar-refractivity contribution is 0.480. The van der Waals surface area contributed by atoms with E-state index in [0.29, 0.717) is 21.8 Å². The topological polar surface area (TPSA) is 76.8 Å². The highest BCUT2D eigenvalue weighted by atomic mass is 32.1. The summed E-state index contributed by atoms with van der Waals surface area (Å²) in [6.07, 6.45) is 0. The lowest BCUT2D eigenvalue weighted by Gasteiger charge is -2.10. The van der Waals surface area contributed by atoms with Crippen molar-refractivity contribution in [3.63, 3.8) is 0 Å². The van der Waals surface area contributed by atoms with Gasteiger partial charge in [0.2, 0.25) is 4.80 Å². The molecule has 6 rings (SSSR count). The highest BCUT2D eigenvalue weighted by Gasteiger charge is 2.17. The van der Waals surface area contributed by atoms with E-state index in [-0.39, 0.29) is 11.3 Å². The number of hydrogen-bond acceptors (Lipinski definition) is 5. The zero-order chi connectivity index (χ0) is 28.7. The Kier molecular flexibility index (Phi) is 6.77. The van der Waals surface area contributed by atoms with Crippen LogP contribution in [0.2, 0.25) is 0 Å². The van der Waals surface area contributed by atoms with Crippen molar-refractivity contribution in [2.24, 2.45) is 17.1 Å². The summed E-state index contributed by atoms with van der Waals surface area (Å²) in [7, 11) is 1.85. The SMILES string of the molecule is CC(=Nn1c(-c2ccc(C)cc2)csc1=Nc1c(C)n(C)n(-c2ccccc2)c1=O)c1ccc2ccccc2c1O. The van der Waals surface area contributed by atoms with Crippen molar-refractivity contribution in [2.45, 2.75) is 20.8 Å². The Morgan fingerprint density at radius 3 is 2.34 bits per heavy atom. The van der Waals surface area contributed by atoms with Gasteiger partial charge in [0.1, 0.15) is 5.75 Å². The Labute approximate surface area is 241 Å². The maximum absolute atomic E-state index is 13.6. The molecule has 0 fully saturated rings. The maximum Gasteiger partial charge on any atom is 0.297 e. The van der Waals surface area contributed by atoms with Crippen LogP contribution in [0.25, 0.3) is 27.7 Å². The number of aromatic nitrogens is 3. The number of aryl methyl sites for hydroxylation is 1. The number of phenolic OH excluding ortho intramolecular Hbond substituents is 1. The normalized spacial score (nSPS) is 12.4. The summed E-state index contributed by atoms with van der Waals surface area (Å²) in [4.78, 5) is 19.1. The van der Waals surface area contributed by atoms with E-state index < -0.39 is 0 Å². The van der Waals surface area contributed by atoms with Crippen LogP contribution in [0.1, 0.15) is 23.7 Å². The fourth-order valence-corrected chi connectivity index (χ4v) is 5.76. The fraction of sp³-hybridized carbons (Fsp3) is 0.121. The molecule has 0 aliphatic heterocycles. The first-order valence-corrected chi connectivity index (χ1v) is 14.1. The van der Waals surface area contributed by atoms with Gasteiger partial charge in [0.05, 0.1) is 22.8 Å². The molecule has 0 spiro atoms. The second kappa shape index (κ2) is 10.6. The molecule has 6 aromatic rings. The first-order valence-electron chi connectivity index (χ1n) is 13.3. The summed E-state index contributed by atoms with van der Waals surface area (Å²) in [5.41, 5.74) is 5.86. The van der Waals surface area contributed by atoms with Gasteiger partial charge in [0.15, 0.2) is 5.69 Å². The summed E-state index contributed by atoms with van der Waals surface area (Å²) in [5, 5.41) is 19.8. The predicted molar refractivity (Wildman–Crippen MR) is 167 cm³/mol. The number of aromatic hydroxyl groups is 1. The van der Waals surface area contributed by atoms with Crippen molar-refractivity contribution in [1.29, 1.82) is 0 Å². The van der Waals surface area contributed by atoms with Crippen molar-refractivity contribution in [2.75, 3.05) is 0 Å². The number of phenols is 1. The molecular formula is C33H29N5O2S. The third-order valence-corrected chi connectivity index (χ3v) is 8.12. The predicted octanol–water partition coefficient (Wildman–Crippen LogP) is 6.69. The molecule has 0 atom stereocenters. The third-order valence-electron chi connectivity index (χ3n) is 7.30. The van der Waals surface area contributed by atoms with E-state index in [4.69, 9.17) is 10.1 Å². The molecule has 8 heteroatoms. The van der Waals surface area contributed by atoms with E-state index in [0.717, 1.165) is 39.0 Å². The van der Waals surface area contributed by atoms with Gasteiger partial charge in [-0.1, -0.05) is 78.4 Å². The first kappa shape index (κ1) is 26.3. The Morgan fingerprint density at radius 1 is 0.878 bits per heavy atom. The molecule has 2 heterocycles.